The molecule has 140 valence electrons. The standard InChI is InChI=1S/C22H19ClN4O/c1-16-20(21(23)27(26-16)15-18-10-6-3-7-11-18)12-19(13-24)22(28)25-14-17-8-4-2-5-9-17/h2-12H,14-15H2,1H3,(H,25,28)/b19-12+. The monoisotopic (exact) mass is 390 g/mol. The summed E-state index contributed by atoms with van der Waals surface area (Å²) in [4.78, 5) is 12.4. The highest BCUT2D eigenvalue weighted by atomic mass is 35.5. The van der Waals surface area contributed by atoms with Crippen LogP contribution in [0.3, 0.4) is 0 Å². The Morgan fingerprint density at radius 3 is 2.36 bits per heavy atom. The Hall–Kier alpha value is -3.36. The number of hydrogen-bond donors (Lipinski definition) is 1. The number of nitrogens with one attached hydrogen (secondary N) is 1. The van der Waals surface area contributed by atoms with Crippen molar-refractivity contribution in [3.05, 3.63) is 93.8 Å². The number of carbonyl (C=O) groups is 1. The van der Waals surface area contributed by atoms with Crippen molar-refractivity contribution in [1.82, 2.24) is 15.1 Å². The summed E-state index contributed by atoms with van der Waals surface area (Å²) in [6.07, 6.45) is 1.49. The number of carbonyl (C=O) groups excluding carboxylic acids is 1. The van der Waals surface area contributed by atoms with Gasteiger partial charge in [0.15, 0.2) is 0 Å². The third-order valence-electron chi connectivity index (χ3n) is 4.23. The fraction of sp³-hybridized carbons (Fsp3) is 0.136. The molecule has 0 atom stereocenters. The summed E-state index contributed by atoms with van der Waals surface area (Å²) < 4.78 is 1.66. The van der Waals surface area contributed by atoms with E-state index >= 15 is 0 Å². The van der Waals surface area contributed by atoms with Crippen molar-refractivity contribution in [3.8, 4) is 6.07 Å². The Kier molecular flexibility index (Phi) is 6.25. The average molecular weight is 391 g/mol. The van der Waals surface area contributed by atoms with Crippen molar-refractivity contribution < 1.29 is 4.79 Å². The predicted octanol–water partition coefficient (Wildman–Crippen LogP) is 4.12. The number of benzene rings is 2. The minimum absolute atomic E-state index is 0.0137. The Bertz CT molecular complexity index is 1030. The van der Waals surface area contributed by atoms with Gasteiger partial charge in [-0.25, -0.2) is 4.68 Å². The van der Waals surface area contributed by atoms with Gasteiger partial charge in [-0.05, 0) is 24.1 Å². The molecule has 0 aliphatic heterocycles. The molecule has 1 N–H and O–H groups in total. The first-order valence-electron chi connectivity index (χ1n) is 8.79. The van der Waals surface area contributed by atoms with E-state index in [1.54, 1.807) is 11.6 Å². The summed E-state index contributed by atoms with van der Waals surface area (Å²) in [5.41, 5.74) is 3.23. The molecule has 0 bridgehead atoms. The van der Waals surface area contributed by atoms with Crippen LogP contribution in [0.25, 0.3) is 6.08 Å². The molecule has 3 aromatic rings. The Labute approximate surface area is 168 Å². The second-order valence-corrected chi connectivity index (χ2v) is 6.63. The predicted molar refractivity (Wildman–Crippen MR) is 109 cm³/mol. The topological polar surface area (TPSA) is 70.7 Å². The van der Waals surface area contributed by atoms with Gasteiger partial charge in [0.1, 0.15) is 16.8 Å². The smallest absolute Gasteiger partial charge is 0.262 e. The normalized spacial score (nSPS) is 11.1. The zero-order valence-electron chi connectivity index (χ0n) is 15.4. The molecule has 1 amide bonds. The van der Waals surface area contributed by atoms with Gasteiger partial charge in [-0.15, -0.1) is 0 Å². The van der Waals surface area contributed by atoms with E-state index in [0.29, 0.717) is 29.5 Å². The number of hydrogen-bond acceptors (Lipinski definition) is 3. The van der Waals surface area contributed by atoms with Gasteiger partial charge < -0.3 is 5.32 Å². The molecule has 0 fully saturated rings. The molecule has 0 radical (unpaired) electrons. The lowest BCUT2D eigenvalue weighted by atomic mass is 10.1. The van der Waals surface area contributed by atoms with E-state index in [-0.39, 0.29) is 5.57 Å². The van der Waals surface area contributed by atoms with Crippen molar-refractivity contribution >= 4 is 23.6 Å². The van der Waals surface area contributed by atoms with Crippen LogP contribution in [0.15, 0.2) is 66.2 Å². The van der Waals surface area contributed by atoms with Crippen LogP contribution in [0.2, 0.25) is 5.15 Å². The van der Waals surface area contributed by atoms with Crippen molar-refractivity contribution in [2.24, 2.45) is 0 Å². The molecule has 1 aromatic heterocycles. The first kappa shape index (κ1) is 19.4. The van der Waals surface area contributed by atoms with Crippen LogP contribution in [-0.4, -0.2) is 15.7 Å². The lowest BCUT2D eigenvalue weighted by molar-refractivity contribution is -0.117. The Morgan fingerprint density at radius 1 is 1.14 bits per heavy atom. The zero-order chi connectivity index (χ0) is 19.9. The van der Waals surface area contributed by atoms with Crippen LogP contribution in [0.1, 0.15) is 22.4 Å². The molecular weight excluding hydrogens is 372 g/mol. The number of aryl methyl sites for hydroxylation is 1. The third kappa shape index (κ3) is 4.67. The minimum atomic E-state index is -0.447. The highest BCUT2D eigenvalue weighted by molar-refractivity contribution is 6.31. The maximum Gasteiger partial charge on any atom is 0.262 e. The fourth-order valence-corrected chi connectivity index (χ4v) is 3.05. The second kappa shape index (κ2) is 9.03. The van der Waals surface area contributed by atoms with Gasteiger partial charge in [-0.3, -0.25) is 4.79 Å². The van der Waals surface area contributed by atoms with Crippen LogP contribution >= 0.6 is 11.6 Å². The van der Waals surface area contributed by atoms with Crippen LogP contribution in [-0.2, 0) is 17.9 Å². The number of halogens is 1. The maximum absolute atomic E-state index is 12.4. The van der Waals surface area contributed by atoms with E-state index in [9.17, 15) is 10.1 Å². The van der Waals surface area contributed by atoms with Crippen LogP contribution in [0.5, 0.6) is 0 Å². The summed E-state index contributed by atoms with van der Waals surface area (Å²) in [6.45, 7) is 2.66. The fourth-order valence-electron chi connectivity index (χ4n) is 2.76. The van der Waals surface area contributed by atoms with Gasteiger partial charge in [0.05, 0.1) is 12.2 Å². The highest BCUT2D eigenvalue weighted by Crippen LogP contribution is 2.23. The van der Waals surface area contributed by atoms with Crippen molar-refractivity contribution in [3.63, 3.8) is 0 Å². The van der Waals surface area contributed by atoms with Gasteiger partial charge in [0.2, 0.25) is 0 Å². The molecule has 5 nitrogen and oxygen atoms in total. The molecular formula is C22H19ClN4O. The molecule has 3 rings (SSSR count). The highest BCUT2D eigenvalue weighted by Gasteiger charge is 2.16. The molecule has 28 heavy (non-hydrogen) atoms. The van der Waals surface area contributed by atoms with E-state index in [1.807, 2.05) is 66.7 Å². The SMILES string of the molecule is Cc1nn(Cc2ccccc2)c(Cl)c1/C=C(\C#N)C(=O)NCc1ccccc1. The molecule has 0 saturated carbocycles. The van der Waals surface area contributed by atoms with E-state index in [1.165, 1.54) is 6.08 Å². The van der Waals surface area contributed by atoms with E-state index in [4.69, 9.17) is 11.6 Å². The molecule has 1 heterocycles. The summed E-state index contributed by atoms with van der Waals surface area (Å²) in [7, 11) is 0. The number of aromatic nitrogens is 2. The lowest BCUT2D eigenvalue weighted by Crippen LogP contribution is -2.23. The van der Waals surface area contributed by atoms with Crippen molar-refractivity contribution in [2.45, 2.75) is 20.0 Å². The largest absolute Gasteiger partial charge is 0.347 e. The zero-order valence-corrected chi connectivity index (χ0v) is 16.1. The lowest BCUT2D eigenvalue weighted by Gasteiger charge is -2.05. The first-order valence-corrected chi connectivity index (χ1v) is 9.17. The quantitative estimate of drug-likeness (QED) is 0.508. The number of rotatable bonds is 6. The average Bonchev–Trinajstić information content (AvgIpc) is 2.98. The Balaban J connectivity index is 1.78. The summed E-state index contributed by atoms with van der Waals surface area (Å²) >= 11 is 6.47. The van der Waals surface area contributed by atoms with Gasteiger partial charge >= 0.3 is 0 Å². The molecule has 0 saturated heterocycles. The molecule has 0 spiro atoms. The van der Waals surface area contributed by atoms with Crippen molar-refractivity contribution in [1.29, 1.82) is 5.26 Å². The maximum atomic E-state index is 12.4. The van der Waals surface area contributed by atoms with Crippen molar-refractivity contribution in [2.75, 3.05) is 0 Å². The minimum Gasteiger partial charge on any atom is -0.347 e. The Morgan fingerprint density at radius 2 is 1.75 bits per heavy atom. The van der Waals surface area contributed by atoms with Crippen LogP contribution in [0.4, 0.5) is 0 Å². The van der Waals surface area contributed by atoms with Gasteiger partial charge in [0, 0.05) is 12.1 Å². The van der Waals surface area contributed by atoms with E-state index in [2.05, 4.69) is 10.4 Å². The number of amides is 1. The third-order valence-corrected chi connectivity index (χ3v) is 4.63. The second-order valence-electron chi connectivity index (χ2n) is 6.27. The van der Waals surface area contributed by atoms with Gasteiger partial charge in [0.25, 0.3) is 5.91 Å². The van der Waals surface area contributed by atoms with Crippen LogP contribution in [0, 0.1) is 18.3 Å². The molecule has 2 aromatic carbocycles. The molecule has 0 aliphatic carbocycles. The summed E-state index contributed by atoms with van der Waals surface area (Å²) in [6, 6.07) is 21.3. The summed E-state index contributed by atoms with van der Waals surface area (Å²) in [5, 5.41) is 17.0. The van der Waals surface area contributed by atoms with Crippen LogP contribution < -0.4 is 5.32 Å². The van der Waals surface area contributed by atoms with Gasteiger partial charge in [-0.1, -0.05) is 72.3 Å². The molecule has 0 aliphatic rings. The molecule has 0 unspecified atom stereocenters. The first-order chi connectivity index (χ1) is 13.6. The number of nitrogens with zero attached hydrogens (tertiary/aromatic N) is 3. The van der Waals surface area contributed by atoms with E-state index in [0.717, 1.165) is 11.1 Å². The molecule has 6 heteroatoms. The number of nitriles is 1. The van der Waals surface area contributed by atoms with E-state index < -0.39 is 5.91 Å². The summed E-state index contributed by atoms with van der Waals surface area (Å²) in [5.74, 6) is -0.447. The van der Waals surface area contributed by atoms with Gasteiger partial charge in [-0.2, -0.15) is 10.4 Å².